The Morgan fingerprint density at radius 1 is 1.35 bits per heavy atom. The molecule has 0 aromatic carbocycles. The topological polar surface area (TPSA) is 32.3 Å². The Labute approximate surface area is 104 Å². The highest BCUT2D eigenvalue weighted by molar-refractivity contribution is 5.77. The number of amides is 1. The van der Waals surface area contributed by atoms with Crippen molar-refractivity contribution in [3.63, 3.8) is 0 Å². The first-order valence-corrected chi connectivity index (χ1v) is 7.30. The molecule has 0 spiro atoms. The molecule has 2 saturated heterocycles. The predicted molar refractivity (Wildman–Crippen MR) is 67.7 cm³/mol. The van der Waals surface area contributed by atoms with Gasteiger partial charge < -0.3 is 10.2 Å². The maximum absolute atomic E-state index is 12.2. The van der Waals surface area contributed by atoms with Gasteiger partial charge in [-0.15, -0.1) is 0 Å². The number of rotatable bonds is 2. The summed E-state index contributed by atoms with van der Waals surface area (Å²) in [6, 6.07) is 0. The lowest BCUT2D eigenvalue weighted by molar-refractivity contribution is -0.144. The molecule has 3 nitrogen and oxygen atoms in total. The van der Waals surface area contributed by atoms with Crippen molar-refractivity contribution in [3.05, 3.63) is 0 Å². The fourth-order valence-corrected chi connectivity index (χ4v) is 4.47. The zero-order valence-corrected chi connectivity index (χ0v) is 10.9. The Bertz CT molecular complexity index is 311. The van der Waals surface area contributed by atoms with E-state index in [4.69, 9.17) is 0 Å². The van der Waals surface area contributed by atoms with Crippen LogP contribution in [0, 0.1) is 11.8 Å². The van der Waals surface area contributed by atoms with Crippen LogP contribution in [0.1, 0.15) is 45.4 Å². The molecule has 1 N–H and O–H groups in total. The summed E-state index contributed by atoms with van der Waals surface area (Å²) < 4.78 is 0. The van der Waals surface area contributed by atoms with Crippen molar-refractivity contribution in [2.45, 2.75) is 51.0 Å². The highest BCUT2D eigenvalue weighted by Gasteiger charge is 2.59. The van der Waals surface area contributed by atoms with Gasteiger partial charge in [-0.05, 0) is 50.5 Å². The van der Waals surface area contributed by atoms with Crippen LogP contribution in [0.5, 0.6) is 0 Å². The molecule has 3 heteroatoms. The van der Waals surface area contributed by atoms with Crippen LogP contribution in [0.3, 0.4) is 0 Å². The summed E-state index contributed by atoms with van der Waals surface area (Å²) in [6.07, 6.45) is 7.14. The first-order chi connectivity index (χ1) is 8.29. The Hall–Kier alpha value is -0.570. The van der Waals surface area contributed by atoms with E-state index in [-0.39, 0.29) is 5.54 Å². The third-order valence-corrected chi connectivity index (χ3v) is 5.41. The zero-order chi connectivity index (χ0) is 11.9. The minimum Gasteiger partial charge on any atom is -0.336 e. The molecule has 96 valence electrons. The number of carbonyl (C=O) groups excluding carboxylic acids is 1. The number of carbonyl (C=O) groups is 1. The van der Waals surface area contributed by atoms with E-state index in [1.807, 2.05) is 6.92 Å². The number of piperidine rings is 1. The van der Waals surface area contributed by atoms with Crippen LogP contribution in [-0.4, -0.2) is 36.0 Å². The van der Waals surface area contributed by atoms with Gasteiger partial charge >= 0.3 is 0 Å². The molecule has 0 aromatic heterocycles. The Morgan fingerprint density at radius 2 is 2.24 bits per heavy atom. The van der Waals surface area contributed by atoms with Gasteiger partial charge in [0.1, 0.15) is 0 Å². The predicted octanol–water partition coefficient (Wildman–Crippen LogP) is 1.78. The second kappa shape index (κ2) is 4.27. The molecule has 3 atom stereocenters. The van der Waals surface area contributed by atoms with Gasteiger partial charge in [-0.3, -0.25) is 4.79 Å². The maximum Gasteiger partial charge on any atom is 0.222 e. The van der Waals surface area contributed by atoms with Gasteiger partial charge in [0.2, 0.25) is 5.91 Å². The van der Waals surface area contributed by atoms with E-state index in [9.17, 15) is 4.79 Å². The van der Waals surface area contributed by atoms with Crippen LogP contribution in [0.15, 0.2) is 0 Å². The Kier molecular flexibility index (Phi) is 2.89. The number of likely N-dealkylation sites (tertiary alicyclic amines) is 1. The van der Waals surface area contributed by atoms with Crippen molar-refractivity contribution in [2.75, 3.05) is 19.6 Å². The van der Waals surface area contributed by atoms with Gasteiger partial charge in [0.05, 0.1) is 0 Å². The van der Waals surface area contributed by atoms with Gasteiger partial charge in [-0.1, -0.05) is 6.92 Å². The van der Waals surface area contributed by atoms with Crippen molar-refractivity contribution in [1.29, 1.82) is 0 Å². The van der Waals surface area contributed by atoms with Crippen LogP contribution in [0.25, 0.3) is 0 Å². The Balaban J connectivity index is 1.83. The monoisotopic (exact) mass is 236 g/mol. The first-order valence-electron chi connectivity index (χ1n) is 7.30. The van der Waals surface area contributed by atoms with Crippen molar-refractivity contribution in [1.82, 2.24) is 10.2 Å². The molecular weight excluding hydrogens is 212 g/mol. The largest absolute Gasteiger partial charge is 0.336 e. The van der Waals surface area contributed by atoms with Gasteiger partial charge in [0.15, 0.2) is 0 Å². The van der Waals surface area contributed by atoms with E-state index in [0.29, 0.717) is 18.2 Å². The molecule has 3 aliphatic rings. The van der Waals surface area contributed by atoms with Gasteiger partial charge in [0.25, 0.3) is 0 Å². The summed E-state index contributed by atoms with van der Waals surface area (Å²) in [7, 11) is 0. The van der Waals surface area contributed by atoms with Crippen LogP contribution in [0.4, 0.5) is 0 Å². The fraction of sp³-hybridized carbons (Fsp3) is 0.929. The summed E-state index contributed by atoms with van der Waals surface area (Å²) >= 11 is 0. The molecule has 1 aliphatic carbocycles. The van der Waals surface area contributed by atoms with E-state index < -0.39 is 0 Å². The number of fused-ring (bicyclic) bond motifs is 1. The highest BCUT2D eigenvalue weighted by atomic mass is 16.2. The highest BCUT2D eigenvalue weighted by Crippen LogP contribution is 2.55. The normalized spacial score (nSPS) is 40.9. The molecular formula is C14H24N2O. The molecule has 3 fully saturated rings. The average Bonchev–Trinajstić information content (AvgIpc) is 2.62. The molecule has 2 heterocycles. The van der Waals surface area contributed by atoms with E-state index in [1.54, 1.807) is 0 Å². The minimum atomic E-state index is 0.264. The van der Waals surface area contributed by atoms with E-state index in [0.717, 1.165) is 19.0 Å². The van der Waals surface area contributed by atoms with Crippen molar-refractivity contribution in [2.24, 2.45) is 11.8 Å². The summed E-state index contributed by atoms with van der Waals surface area (Å²) in [5.41, 5.74) is 0.264. The number of nitrogens with zero attached hydrogens (tertiary/aromatic N) is 1. The number of hydrogen-bond donors (Lipinski definition) is 1. The summed E-state index contributed by atoms with van der Waals surface area (Å²) in [5, 5.41) is 3.53. The Morgan fingerprint density at radius 3 is 2.82 bits per heavy atom. The number of hydrogen-bond acceptors (Lipinski definition) is 2. The zero-order valence-electron chi connectivity index (χ0n) is 10.9. The third kappa shape index (κ3) is 1.55. The van der Waals surface area contributed by atoms with Crippen LogP contribution < -0.4 is 5.32 Å². The molecule has 2 aliphatic heterocycles. The van der Waals surface area contributed by atoms with Gasteiger partial charge in [-0.2, -0.15) is 0 Å². The summed E-state index contributed by atoms with van der Waals surface area (Å²) in [4.78, 5) is 14.4. The molecule has 3 rings (SSSR count). The SMILES string of the molecule is CCC(=O)N1CCC2CCC21C1CCCNC1. The fourth-order valence-electron chi connectivity index (χ4n) is 4.47. The smallest absolute Gasteiger partial charge is 0.222 e. The molecule has 0 bridgehead atoms. The second-order valence-corrected chi connectivity index (χ2v) is 5.96. The van der Waals surface area contributed by atoms with Crippen LogP contribution in [0.2, 0.25) is 0 Å². The van der Waals surface area contributed by atoms with Gasteiger partial charge in [0, 0.05) is 25.0 Å². The minimum absolute atomic E-state index is 0.264. The molecule has 0 radical (unpaired) electrons. The van der Waals surface area contributed by atoms with Crippen molar-refractivity contribution in [3.8, 4) is 0 Å². The molecule has 3 unspecified atom stereocenters. The third-order valence-electron chi connectivity index (χ3n) is 5.41. The quantitative estimate of drug-likeness (QED) is 0.792. The summed E-state index contributed by atoms with van der Waals surface area (Å²) in [5.74, 6) is 1.91. The molecule has 1 saturated carbocycles. The molecule has 17 heavy (non-hydrogen) atoms. The maximum atomic E-state index is 12.2. The lowest BCUT2D eigenvalue weighted by atomic mass is 9.59. The van der Waals surface area contributed by atoms with Crippen LogP contribution in [-0.2, 0) is 4.79 Å². The van der Waals surface area contributed by atoms with E-state index in [2.05, 4.69) is 10.2 Å². The lowest BCUT2D eigenvalue weighted by Gasteiger charge is -2.56. The first kappa shape index (κ1) is 11.5. The lowest BCUT2D eigenvalue weighted by Crippen LogP contribution is -2.63. The van der Waals surface area contributed by atoms with E-state index in [1.165, 1.54) is 38.6 Å². The number of nitrogens with one attached hydrogen (secondary N) is 1. The molecule has 1 amide bonds. The van der Waals surface area contributed by atoms with Crippen molar-refractivity contribution >= 4 is 5.91 Å². The average molecular weight is 236 g/mol. The van der Waals surface area contributed by atoms with E-state index >= 15 is 0 Å². The standard InChI is InChI=1S/C14H24N2O/c1-2-13(17)16-9-6-11-5-7-14(11,16)12-4-3-8-15-10-12/h11-12,15H,2-10H2,1H3. The second-order valence-electron chi connectivity index (χ2n) is 5.96. The van der Waals surface area contributed by atoms with Crippen LogP contribution >= 0.6 is 0 Å². The molecule has 0 aromatic rings. The van der Waals surface area contributed by atoms with Gasteiger partial charge in [-0.25, -0.2) is 0 Å². The van der Waals surface area contributed by atoms with Crippen molar-refractivity contribution < 1.29 is 4.79 Å². The summed E-state index contributed by atoms with van der Waals surface area (Å²) in [6.45, 7) is 5.32.